The van der Waals surface area contributed by atoms with Crippen molar-refractivity contribution in [2.75, 3.05) is 50.6 Å². The second-order valence-corrected chi connectivity index (χ2v) is 9.90. The summed E-state index contributed by atoms with van der Waals surface area (Å²) in [5, 5.41) is 7.11. The van der Waals surface area contributed by atoms with E-state index in [0.717, 1.165) is 10.9 Å². The zero-order valence-corrected chi connectivity index (χ0v) is 22.2. The Hall–Kier alpha value is -4.02. The number of esters is 1. The number of aromatic nitrogens is 2. The third-order valence-corrected chi connectivity index (χ3v) is 7.10. The van der Waals surface area contributed by atoms with Crippen LogP contribution in [-0.4, -0.2) is 72.3 Å². The van der Waals surface area contributed by atoms with E-state index in [9.17, 15) is 9.59 Å². The molecule has 2 aromatic carbocycles. The fraction of sp³-hybridized carbons (Fsp3) is 0.379. The number of carbonyl (C=O) groups excluding carboxylic acids is 2. The quantitative estimate of drug-likeness (QED) is 0.332. The highest BCUT2D eigenvalue weighted by Gasteiger charge is 2.41. The third kappa shape index (κ3) is 6.35. The molecule has 1 spiro atoms. The Morgan fingerprint density at radius 3 is 2.77 bits per heavy atom. The van der Waals surface area contributed by atoms with Gasteiger partial charge in [-0.25, -0.2) is 9.97 Å². The first-order valence-corrected chi connectivity index (χ1v) is 13.1. The summed E-state index contributed by atoms with van der Waals surface area (Å²) in [6.45, 7) is 4.51. The molecule has 0 bridgehead atoms. The van der Waals surface area contributed by atoms with Crippen LogP contribution >= 0.6 is 0 Å². The lowest BCUT2D eigenvalue weighted by atomic mass is 9.92. The number of hydrogen-bond donors (Lipinski definition) is 2. The van der Waals surface area contributed by atoms with Crippen LogP contribution in [0.25, 0.3) is 10.9 Å². The second kappa shape index (κ2) is 11.8. The summed E-state index contributed by atoms with van der Waals surface area (Å²) in [5.74, 6) is 0.599. The van der Waals surface area contributed by atoms with Gasteiger partial charge in [0.05, 0.1) is 38.1 Å². The van der Waals surface area contributed by atoms with Crippen LogP contribution < -0.4 is 15.4 Å². The van der Waals surface area contributed by atoms with Crippen molar-refractivity contribution >= 4 is 34.3 Å². The molecular formula is C29H33N5O5. The van der Waals surface area contributed by atoms with Gasteiger partial charge in [0.25, 0.3) is 0 Å². The highest BCUT2D eigenvalue weighted by Crippen LogP contribution is 2.33. The monoisotopic (exact) mass is 531 g/mol. The lowest BCUT2D eigenvalue weighted by molar-refractivity contribution is -0.185. The summed E-state index contributed by atoms with van der Waals surface area (Å²) in [4.78, 5) is 35.9. The number of rotatable bonds is 8. The zero-order valence-electron chi connectivity index (χ0n) is 22.2. The van der Waals surface area contributed by atoms with Gasteiger partial charge in [0, 0.05) is 49.5 Å². The molecule has 10 heteroatoms. The third-order valence-electron chi connectivity index (χ3n) is 7.10. The molecule has 2 fully saturated rings. The van der Waals surface area contributed by atoms with E-state index in [0.29, 0.717) is 61.9 Å². The number of morpholine rings is 1. The van der Waals surface area contributed by atoms with E-state index in [1.165, 1.54) is 12.4 Å². The standard InChI is InChI=1S/C29H33N5O5/c1-20(21-7-4-3-5-8-21)32-28-22-15-24(25(37-2)16-23(22)30-19-31-28)33-26(35)9-6-12-34-17-27(36)39-29(18-34)10-13-38-14-11-29/h3-9,15-16,19-20H,10-14,17-18H2,1-2H3,(H,33,35)(H,30,31,32)/t20-/m1/s1. The predicted octanol–water partition coefficient (Wildman–Crippen LogP) is 3.71. The predicted molar refractivity (Wildman–Crippen MR) is 148 cm³/mol. The average Bonchev–Trinajstić information content (AvgIpc) is 2.93. The Morgan fingerprint density at radius 1 is 1.21 bits per heavy atom. The van der Waals surface area contributed by atoms with Crippen molar-refractivity contribution in [3.63, 3.8) is 0 Å². The maximum Gasteiger partial charge on any atom is 0.320 e. The van der Waals surface area contributed by atoms with Crippen LogP contribution in [0.5, 0.6) is 5.75 Å². The molecule has 1 atom stereocenters. The minimum atomic E-state index is -0.492. The van der Waals surface area contributed by atoms with E-state index in [1.807, 2.05) is 29.2 Å². The van der Waals surface area contributed by atoms with Gasteiger partial charge in [0.1, 0.15) is 23.5 Å². The van der Waals surface area contributed by atoms with E-state index in [1.54, 1.807) is 19.3 Å². The van der Waals surface area contributed by atoms with E-state index >= 15 is 0 Å². The first kappa shape index (κ1) is 26.6. The molecule has 1 aromatic heterocycles. The largest absolute Gasteiger partial charge is 0.494 e. The number of anilines is 2. The fourth-order valence-corrected chi connectivity index (χ4v) is 5.06. The van der Waals surface area contributed by atoms with Crippen molar-refractivity contribution in [2.45, 2.75) is 31.4 Å². The number of carbonyl (C=O) groups is 2. The van der Waals surface area contributed by atoms with Gasteiger partial charge in [-0.3, -0.25) is 14.5 Å². The van der Waals surface area contributed by atoms with Crippen molar-refractivity contribution in [3.8, 4) is 5.75 Å². The van der Waals surface area contributed by atoms with Crippen molar-refractivity contribution in [1.29, 1.82) is 0 Å². The number of nitrogens with one attached hydrogen (secondary N) is 2. The molecule has 0 aliphatic carbocycles. The maximum atomic E-state index is 12.8. The molecule has 1 amide bonds. The number of benzene rings is 2. The summed E-state index contributed by atoms with van der Waals surface area (Å²) < 4.78 is 16.6. The molecule has 2 aliphatic heterocycles. The summed E-state index contributed by atoms with van der Waals surface area (Å²) in [5.41, 5.74) is 1.83. The van der Waals surface area contributed by atoms with E-state index in [2.05, 4.69) is 39.7 Å². The molecule has 0 saturated carbocycles. The fourth-order valence-electron chi connectivity index (χ4n) is 5.06. The molecule has 0 radical (unpaired) electrons. The minimum Gasteiger partial charge on any atom is -0.494 e. The van der Waals surface area contributed by atoms with Crippen molar-refractivity contribution in [3.05, 3.63) is 66.5 Å². The lowest BCUT2D eigenvalue weighted by Gasteiger charge is -2.43. The van der Waals surface area contributed by atoms with Gasteiger partial charge in [-0.05, 0) is 18.6 Å². The van der Waals surface area contributed by atoms with E-state index < -0.39 is 5.60 Å². The summed E-state index contributed by atoms with van der Waals surface area (Å²) >= 11 is 0. The highest BCUT2D eigenvalue weighted by atomic mass is 16.6. The van der Waals surface area contributed by atoms with Crippen molar-refractivity contribution < 1.29 is 23.8 Å². The normalized spacial score (nSPS) is 18.2. The Labute approximate surface area is 227 Å². The molecule has 10 nitrogen and oxygen atoms in total. The van der Waals surface area contributed by atoms with E-state index in [-0.39, 0.29) is 24.5 Å². The molecule has 3 aromatic rings. The number of nitrogens with zero attached hydrogens (tertiary/aromatic N) is 3. The molecule has 2 N–H and O–H groups in total. The minimum absolute atomic E-state index is 0.0136. The summed E-state index contributed by atoms with van der Waals surface area (Å²) in [6, 6.07) is 13.7. The molecule has 0 unspecified atom stereocenters. The first-order valence-electron chi connectivity index (χ1n) is 13.1. The van der Waals surface area contributed by atoms with Gasteiger partial charge in [0.15, 0.2) is 0 Å². The van der Waals surface area contributed by atoms with Crippen LogP contribution in [0.1, 0.15) is 31.4 Å². The van der Waals surface area contributed by atoms with Gasteiger partial charge in [-0.15, -0.1) is 0 Å². The number of hydrogen-bond acceptors (Lipinski definition) is 9. The Balaban J connectivity index is 1.28. The lowest BCUT2D eigenvalue weighted by Crippen LogP contribution is -2.56. The van der Waals surface area contributed by atoms with Crippen LogP contribution in [0.15, 0.2) is 60.9 Å². The van der Waals surface area contributed by atoms with Gasteiger partial charge >= 0.3 is 5.97 Å². The van der Waals surface area contributed by atoms with Gasteiger partial charge in [-0.2, -0.15) is 0 Å². The average molecular weight is 532 g/mol. The molecule has 2 saturated heterocycles. The number of fused-ring (bicyclic) bond motifs is 1. The van der Waals surface area contributed by atoms with Crippen molar-refractivity contribution in [2.24, 2.45) is 0 Å². The Bertz CT molecular complexity index is 1360. The maximum absolute atomic E-state index is 12.8. The van der Waals surface area contributed by atoms with Gasteiger partial charge < -0.3 is 24.8 Å². The Morgan fingerprint density at radius 2 is 2.00 bits per heavy atom. The van der Waals surface area contributed by atoms with Crippen LogP contribution in [-0.2, 0) is 19.1 Å². The molecule has 3 heterocycles. The highest BCUT2D eigenvalue weighted by molar-refractivity contribution is 6.03. The van der Waals surface area contributed by atoms with Crippen LogP contribution in [0.2, 0.25) is 0 Å². The number of amides is 1. The molecule has 5 rings (SSSR count). The second-order valence-electron chi connectivity index (χ2n) is 9.90. The van der Waals surface area contributed by atoms with Crippen molar-refractivity contribution in [1.82, 2.24) is 14.9 Å². The number of ether oxygens (including phenoxy) is 3. The van der Waals surface area contributed by atoms with Crippen LogP contribution in [0, 0.1) is 0 Å². The summed E-state index contributed by atoms with van der Waals surface area (Å²) in [6.07, 6.45) is 6.10. The van der Waals surface area contributed by atoms with Crippen LogP contribution in [0.4, 0.5) is 11.5 Å². The zero-order chi connectivity index (χ0) is 27.2. The number of methoxy groups -OCH3 is 1. The topological polar surface area (TPSA) is 115 Å². The van der Waals surface area contributed by atoms with Gasteiger partial charge in [0.2, 0.25) is 5.91 Å². The molecular weight excluding hydrogens is 498 g/mol. The molecule has 39 heavy (non-hydrogen) atoms. The summed E-state index contributed by atoms with van der Waals surface area (Å²) in [7, 11) is 1.55. The Kier molecular flexibility index (Phi) is 8.04. The smallest absolute Gasteiger partial charge is 0.320 e. The molecule has 204 valence electrons. The van der Waals surface area contributed by atoms with Gasteiger partial charge in [-0.1, -0.05) is 36.4 Å². The van der Waals surface area contributed by atoms with E-state index in [4.69, 9.17) is 14.2 Å². The molecule has 2 aliphatic rings. The first-order chi connectivity index (χ1) is 18.9. The van der Waals surface area contributed by atoms with Crippen LogP contribution in [0.3, 0.4) is 0 Å². The SMILES string of the molecule is COc1cc2ncnc(N[C@H](C)c3ccccc3)c2cc1NC(=O)C=CCN1CC(=O)OC2(CCOCC2)C1.